The minimum absolute atomic E-state index is 0.790. The molecule has 0 aliphatic carbocycles. The highest BCUT2D eigenvalue weighted by molar-refractivity contribution is 9.10. The first-order valence-electron chi connectivity index (χ1n) is 6.82. The first kappa shape index (κ1) is 13.6. The first-order valence-corrected chi connectivity index (χ1v) is 7.62. The number of aromatic nitrogens is 2. The van der Waals surface area contributed by atoms with E-state index >= 15 is 0 Å². The maximum atomic E-state index is 5.57. The van der Waals surface area contributed by atoms with Crippen LogP contribution in [0, 0.1) is 0 Å². The van der Waals surface area contributed by atoms with Gasteiger partial charge in [0.05, 0.1) is 22.5 Å². The Morgan fingerprint density at radius 2 is 2.30 bits per heavy atom. The van der Waals surface area contributed by atoms with Crippen molar-refractivity contribution < 1.29 is 4.74 Å². The van der Waals surface area contributed by atoms with Gasteiger partial charge in [0.2, 0.25) is 0 Å². The van der Waals surface area contributed by atoms with Crippen LogP contribution in [0.2, 0.25) is 0 Å². The highest BCUT2D eigenvalue weighted by atomic mass is 79.9. The molecule has 0 amide bonds. The molecular formula is C15H18BrN3O. The van der Waals surface area contributed by atoms with E-state index in [0.29, 0.717) is 0 Å². The molecule has 2 heterocycles. The van der Waals surface area contributed by atoms with Crippen LogP contribution >= 0.6 is 15.9 Å². The zero-order valence-electron chi connectivity index (χ0n) is 11.7. The maximum Gasteiger partial charge on any atom is 0.122 e. The number of rotatable bonds is 4. The summed E-state index contributed by atoms with van der Waals surface area (Å²) in [7, 11) is 3.95. The third kappa shape index (κ3) is 2.36. The second-order valence-corrected chi connectivity index (χ2v) is 5.80. The molecular weight excluding hydrogens is 318 g/mol. The van der Waals surface area contributed by atoms with E-state index in [1.807, 2.05) is 18.8 Å². The number of fused-ring (bicyclic) bond motifs is 1. The van der Waals surface area contributed by atoms with Gasteiger partial charge in [-0.05, 0) is 46.7 Å². The van der Waals surface area contributed by atoms with Gasteiger partial charge in [-0.2, -0.15) is 5.10 Å². The number of benzene rings is 1. The Kier molecular flexibility index (Phi) is 3.81. The Labute approximate surface area is 127 Å². The second-order valence-electron chi connectivity index (χ2n) is 5.01. The summed E-state index contributed by atoms with van der Waals surface area (Å²) in [6.07, 6.45) is 1.91. The van der Waals surface area contributed by atoms with Crippen LogP contribution in [-0.2, 0) is 19.9 Å². The first-order chi connectivity index (χ1) is 9.70. The largest absolute Gasteiger partial charge is 0.493 e. The Morgan fingerprint density at radius 1 is 1.45 bits per heavy atom. The number of nitrogens with one attached hydrogen (secondary N) is 1. The Bertz CT molecular complexity index is 636. The fourth-order valence-corrected chi connectivity index (χ4v) is 3.37. The van der Waals surface area contributed by atoms with E-state index in [-0.39, 0.29) is 0 Å². The topological polar surface area (TPSA) is 39.1 Å². The second kappa shape index (κ2) is 5.58. The van der Waals surface area contributed by atoms with Gasteiger partial charge < -0.3 is 10.1 Å². The molecule has 0 spiro atoms. The summed E-state index contributed by atoms with van der Waals surface area (Å²) in [5.41, 5.74) is 4.69. The van der Waals surface area contributed by atoms with Crippen molar-refractivity contribution in [2.75, 3.05) is 20.2 Å². The smallest absolute Gasteiger partial charge is 0.122 e. The molecule has 1 aliphatic rings. The summed E-state index contributed by atoms with van der Waals surface area (Å²) in [6, 6.07) is 6.38. The van der Waals surface area contributed by atoms with E-state index in [1.54, 1.807) is 0 Å². The van der Waals surface area contributed by atoms with Crippen molar-refractivity contribution in [3.05, 3.63) is 33.9 Å². The summed E-state index contributed by atoms with van der Waals surface area (Å²) >= 11 is 3.71. The molecule has 1 aromatic heterocycles. The van der Waals surface area contributed by atoms with Crippen LogP contribution < -0.4 is 10.1 Å². The van der Waals surface area contributed by atoms with E-state index in [1.165, 1.54) is 11.1 Å². The van der Waals surface area contributed by atoms with Crippen LogP contribution in [0.3, 0.4) is 0 Å². The van der Waals surface area contributed by atoms with E-state index in [9.17, 15) is 0 Å². The Morgan fingerprint density at radius 3 is 3.10 bits per heavy atom. The fraction of sp³-hybridized carbons (Fsp3) is 0.400. The molecule has 3 rings (SSSR count). The van der Waals surface area contributed by atoms with Crippen LogP contribution in [0.25, 0.3) is 11.3 Å². The van der Waals surface area contributed by atoms with Crippen molar-refractivity contribution >= 4 is 15.9 Å². The highest BCUT2D eigenvalue weighted by Gasteiger charge is 2.18. The molecule has 0 fully saturated rings. The van der Waals surface area contributed by atoms with Crippen molar-refractivity contribution in [3.8, 4) is 17.0 Å². The molecule has 0 saturated heterocycles. The lowest BCUT2D eigenvalue weighted by atomic mass is 10.1. The third-order valence-corrected chi connectivity index (χ3v) is 4.46. The average Bonchev–Trinajstić information content (AvgIpc) is 3.00. The number of halogens is 1. The Balaban J connectivity index is 1.99. The molecule has 0 atom stereocenters. The molecule has 0 saturated carbocycles. The molecule has 4 nitrogen and oxygen atoms in total. The number of aryl methyl sites for hydroxylation is 1. The summed E-state index contributed by atoms with van der Waals surface area (Å²) in [5, 5.41) is 7.78. The van der Waals surface area contributed by atoms with Gasteiger partial charge in [-0.25, -0.2) is 0 Å². The lowest BCUT2D eigenvalue weighted by molar-refractivity contribution is 0.357. The molecule has 1 aliphatic heterocycles. The highest BCUT2D eigenvalue weighted by Crippen LogP contribution is 2.35. The molecule has 0 radical (unpaired) electrons. The molecule has 1 N–H and O–H groups in total. The lowest BCUT2D eigenvalue weighted by Crippen LogP contribution is -2.11. The van der Waals surface area contributed by atoms with E-state index in [2.05, 4.69) is 44.5 Å². The van der Waals surface area contributed by atoms with Crippen LogP contribution in [0.1, 0.15) is 11.3 Å². The number of hydrogen-bond acceptors (Lipinski definition) is 3. The SMILES string of the molecule is CNCCc1nn(C)c(-c2ccc3c(c2)CCO3)c1Br. The van der Waals surface area contributed by atoms with Gasteiger partial charge in [-0.15, -0.1) is 0 Å². The van der Waals surface area contributed by atoms with Crippen molar-refractivity contribution in [1.82, 2.24) is 15.1 Å². The number of nitrogens with zero attached hydrogens (tertiary/aromatic N) is 2. The minimum Gasteiger partial charge on any atom is -0.493 e. The number of hydrogen-bond donors (Lipinski definition) is 1. The van der Waals surface area contributed by atoms with Crippen molar-refractivity contribution in [2.45, 2.75) is 12.8 Å². The van der Waals surface area contributed by atoms with Gasteiger partial charge in [0.25, 0.3) is 0 Å². The molecule has 106 valence electrons. The minimum atomic E-state index is 0.790. The van der Waals surface area contributed by atoms with Gasteiger partial charge in [-0.3, -0.25) is 4.68 Å². The van der Waals surface area contributed by atoms with Gasteiger partial charge in [0, 0.05) is 32.0 Å². The summed E-state index contributed by atoms with van der Waals surface area (Å²) in [5.74, 6) is 1.02. The molecule has 0 unspecified atom stereocenters. The molecule has 5 heteroatoms. The zero-order chi connectivity index (χ0) is 14.1. The molecule has 0 bridgehead atoms. The molecule has 20 heavy (non-hydrogen) atoms. The van der Waals surface area contributed by atoms with Gasteiger partial charge in [0.15, 0.2) is 0 Å². The third-order valence-electron chi connectivity index (χ3n) is 3.63. The fourth-order valence-electron chi connectivity index (χ4n) is 2.60. The van der Waals surface area contributed by atoms with Crippen LogP contribution in [0.5, 0.6) is 5.75 Å². The zero-order valence-corrected chi connectivity index (χ0v) is 13.3. The molecule has 1 aromatic carbocycles. The van der Waals surface area contributed by atoms with Crippen molar-refractivity contribution in [1.29, 1.82) is 0 Å². The van der Waals surface area contributed by atoms with Crippen molar-refractivity contribution in [3.63, 3.8) is 0 Å². The van der Waals surface area contributed by atoms with Crippen molar-refractivity contribution in [2.24, 2.45) is 7.05 Å². The maximum absolute atomic E-state index is 5.57. The standard InChI is InChI=1S/C15H18BrN3O/c1-17-7-5-12-14(16)15(19(2)18-12)11-3-4-13-10(9-11)6-8-20-13/h3-4,9,17H,5-8H2,1-2H3. The van der Waals surface area contributed by atoms with Crippen LogP contribution in [-0.4, -0.2) is 30.0 Å². The predicted molar refractivity (Wildman–Crippen MR) is 83.2 cm³/mol. The van der Waals surface area contributed by atoms with Crippen LogP contribution in [0.15, 0.2) is 22.7 Å². The van der Waals surface area contributed by atoms with Gasteiger partial charge in [0.1, 0.15) is 5.75 Å². The summed E-state index contributed by atoms with van der Waals surface area (Å²) < 4.78 is 8.61. The van der Waals surface area contributed by atoms with Gasteiger partial charge >= 0.3 is 0 Å². The predicted octanol–water partition coefficient (Wildman–Crippen LogP) is 2.55. The van der Waals surface area contributed by atoms with E-state index in [0.717, 1.165) is 47.6 Å². The van der Waals surface area contributed by atoms with E-state index in [4.69, 9.17) is 4.74 Å². The monoisotopic (exact) mass is 335 g/mol. The summed E-state index contributed by atoms with van der Waals surface area (Å²) in [6.45, 7) is 1.71. The molecule has 2 aromatic rings. The quantitative estimate of drug-likeness (QED) is 0.933. The van der Waals surface area contributed by atoms with Gasteiger partial charge in [-0.1, -0.05) is 0 Å². The normalized spacial score (nSPS) is 13.3. The number of ether oxygens (including phenoxy) is 1. The number of likely N-dealkylation sites (N-methyl/N-ethyl adjacent to an activating group) is 1. The van der Waals surface area contributed by atoms with E-state index < -0.39 is 0 Å². The van der Waals surface area contributed by atoms with Crippen LogP contribution in [0.4, 0.5) is 0 Å². The Hall–Kier alpha value is -1.33. The lowest BCUT2D eigenvalue weighted by Gasteiger charge is -2.05. The average molecular weight is 336 g/mol. The summed E-state index contributed by atoms with van der Waals surface area (Å²) in [4.78, 5) is 0.